The van der Waals surface area contributed by atoms with Crippen molar-refractivity contribution < 1.29 is 4.79 Å². The molecule has 0 bridgehead atoms. The first-order chi connectivity index (χ1) is 8.04. The lowest BCUT2D eigenvalue weighted by molar-refractivity contribution is -0.112. The molecular weight excluding hydrogens is 236 g/mol. The third kappa shape index (κ3) is 4.04. The number of nitrogens with one attached hydrogen (secondary N) is 1. The summed E-state index contributed by atoms with van der Waals surface area (Å²) >= 11 is 5.95. The Morgan fingerprint density at radius 1 is 1.35 bits per heavy atom. The summed E-state index contributed by atoms with van der Waals surface area (Å²) in [6.45, 7) is 5.45. The molecule has 1 aromatic rings. The average molecular weight is 251 g/mol. The summed E-state index contributed by atoms with van der Waals surface area (Å²) in [6.07, 6.45) is 1.67. The van der Waals surface area contributed by atoms with Crippen molar-refractivity contribution in [3.8, 4) is 0 Å². The fraction of sp³-hybridized carbons (Fsp3) is 0.231. The number of benzene rings is 1. The molecule has 0 aromatic heterocycles. The number of anilines is 1. The van der Waals surface area contributed by atoms with Crippen LogP contribution in [0.1, 0.15) is 20.8 Å². The van der Waals surface area contributed by atoms with Crippen LogP contribution < -0.4 is 5.32 Å². The molecule has 0 aliphatic rings. The first-order valence-electron chi connectivity index (χ1n) is 5.28. The maximum Gasteiger partial charge on any atom is 0.273 e. The quantitative estimate of drug-likeness (QED) is 0.646. The van der Waals surface area contributed by atoms with Crippen LogP contribution in [0.15, 0.2) is 41.0 Å². The van der Waals surface area contributed by atoms with Crippen LogP contribution in [-0.2, 0) is 4.79 Å². The summed E-state index contributed by atoms with van der Waals surface area (Å²) in [4.78, 5) is 16.0. The van der Waals surface area contributed by atoms with E-state index in [0.717, 1.165) is 5.71 Å². The van der Waals surface area contributed by atoms with Gasteiger partial charge in [-0.15, -0.1) is 0 Å². The van der Waals surface area contributed by atoms with Crippen molar-refractivity contribution in [2.75, 3.05) is 5.32 Å². The zero-order chi connectivity index (χ0) is 12.8. The highest BCUT2D eigenvalue weighted by Crippen LogP contribution is 2.21. The molecule has 0 atom stereocenters. The van der Waals surface area contributed by atoms with Crippen molar-refractivity contribution in [2.45, 2.75) is 20.8 Å². The predicted octanol–water partition coefficient (Wildman–Crippen LogP) is 3.66. The van der Waals surface area contributed by atoms with Gasteiger partial charge in [-0.05, 0) is 32.9 Å². The highest BCUT2D eigenvalue weighted by molar-refractivity contribution is 6.33. The zero-order valence-corrected chi connectivity index (χ0v) is 10.9. The molecule has 0 fully saturated rings. The Morgan fingerprint density at radius 3 is 2.53 bits per heavy atom. The monoisotopic (exact) mass is 250 g/mol. The normalized spacial score (nSPS) is 10.9. The first-order valence-corrected chi connectivity index (χ1v) is 5.66. The van der Waals surface area contributed by atoms with E-state index in [2.05, 4.69) is 10.3 Å². The van der Waals surface area contributed by atoms with Gasteiger partial charge in [-0.2, -0.15) is 0 Å². The number of aliphatic imine (C=N–C) groups is 1. The van der Waals surface area contributed by atoms with E-state index in [9.17, 15) is 4.79 Å². The molecule has 0 radical (unpaired) electrons. The van der Waals surface area contributed by atoms with E-state index in [1.165, 1.54) is 0 Å². The number of nitrogens with zero attached hydrogens (tertiary/aromatic N) is 1. The highest BCUT2D eigenvalue weighted by atomic mass is 35.5. The fourth-order valence-electron chi connectivity index (χ4n) is 1.24. The Labute approximate surface area is 106 Å². The van der Waals surface area contributed by atoms with Crippen LogP contribution in [0, 0.1) is 0 Å². The molecule has 1 amide bonds. The molecule has 90 valence electrons. The fourth-order valence-corrected chi connectivity index (χ4v) is 1.42. The molecule has 17 heavy (non-hydrogen) atoms. The van der Waals surface area contributed by atoms with Crippen LogP contribution in [0.2, 0.25) is 5.02 Å². The van der Waals surface area contributed by atoms with E-state index >= 15 is 0 Å². The van der Waals surface area contributed by atoms with Gasteiger partial charge in [0.1, 0.15) is 5.70 Å². The van der Waals surface area contributed by atoms with Crippen molar-refractivity contribution in [3.05, 3.63) is 41.1 Å². The smallest absolute Gasteiger partial charge is 0.273 e. The van der Waals surface area contributed by atoms with Gasteiger partial charge in [0.15, 0.2) is 0 Å². The van der Waals surface area contributed by atoms with Gasteiger partial charge in [0, 0.05) is 5.71 Å². The Morgan fingerprint density at radius 2 is 2.00 bits per heavy atom. The highest BCUT2D eigenvalue weighted by Gasteiger charge is 2.09. The van der Waals surface area contributed by atoms with E-state index in [4.69, 9.17) is 11.6 Å². The molecule has 3 nitrogen and oxygen atoms in total. The predicted molar refractivity (Wildman–Crippen MR) is 72.6 cm³/mol. The van der Waals surface area contributed by atoms with Crippen molar-refractivity contribution in [1.29, 1.82) is 0 Å². The van der Waals surface area contributed by atoms with Crippen LogP contribution in [0.25, 0.3) is 0 Å². The molecule has 1 aromatic carbocycles. The summed E-state index contributed by atoms with van der Waals surface area (Å²) in [6, 6.07) is 7.09. The van der Waals surface area contributed by atoms with Gasteiger partial charge in [0.2, 0.25) is 0 Å². The largest absolute Gasteiger partial charge is 0.319 e. The molecule has 1 rings (SSSR count). The van der Waals surface area contributed by atoms with E-state index in [0.29, 0.717) is 16.4 Å². The van der Waals surface area contributed by atoms with E-state index in [-0.39, 0.29) is 5.91 Å². The minimum absolute atomic E-state index is 0.262. The third-order valence-corrected chi connectivity index (χ3v) is 2.30. The molecule has 0 aliphatic heterocycles. The van der Waals surface area contributed by atoms with Gasteiger partial charge in [-0.3, -0.25) is 9.79 Å². The van der Waals surface area contributed by atoms with Gasteiger partial charge < -0.3 is 5.32 Å². The Kier molecular flexibility index (Phi) is 4.91. The van der Waals surface area contributed by atoms with Crippen molar-refractivity contribution >= 4 is 28.9 Å². The molecular formula is C13H15ClN2O. The van der Waals surface area contributed by atoms with Crippen molar-refractivity contribution in [2.24, 2.45) is 4.99 Å². The summed E-state index contributed by atoms with van der Waals surface area (Å²) in [5, 5.41) is 3.23. The van der Waals surface area contributed by atoms with Gasteiger partial charge in [-0.1, -0.05) is 29.8 Å². The Balaban J connectivity index is 2.86. The second kappa shape index (κ2) is 6.21. The van der Waals surface area contributed by atoms with E-state index < -0.39 is 0 Å². The third-order valence-electron chi connectivity index (χ3n) is 1.97. The molecule has 0 unspecified atom stereocenters. The lowest BCUT2D eigenvalue weighted by atomic mass is 10.3. The molecule has 1 N–H and O–H groups in total. The molecule has 0 heterocycles. The number of amides is 1. The molecule has 4 heteroatoms. The molecule has 0 aliphatic carbocycles. The summed E-state index contributed by atoms with van der Waals surface area (Å²) in [5.41, 5.74) is 1.79. The zero-order valence-electron chi connectivity index (χ0n) is 10.1. The number of carbonyl (C=O) groups excluding carboxylic acids is 1. The average Bonchev–Trinajstić information content (AvgIpc) is 2.28. The number of allylic oxidation sites excluding steroid dienone is 1. The van der Waals surface area contributed by atoms with Gasteiger partial charge >= 0.3 is 0 Å². The van der Waals surface area contributed by atoms with Crippen LogP contribution in [-0.4, -0.2) is 11.6 Å². The topological polar surface area (TPSA) is 41.5 Å². The number of rotatable bonds is 3. The van der Waals surface area contributed by atoms with Gasteiger partial charge in [0.05, 0.1) is 10.7 Å². The lowest BCUT2D eigenvalue weighted by Crippen LogP contribution is -2.14. The summed E-state index contributed by atoms with van der Waals surface area (Å²) in [7, 11) is 0. The second-order valence-electron chi connectivity index (χ2n) is 3.67. The minimum Gasteiger partial charge on any atom is -0.319 e. The van der Waals surface area contributed by atoms with Crippen molar-refractivity contribution in [1.82, 2.24) is 0 Å². The molecule has 0 saturated heterocycles. The van der Waals surface area contributed by atoms with E-state index in [1.54, 1.807) is 25.1 Å². The van der Waals surface area contributed by atoms with Crippen LogP contribution in [0.4, 0.5) is 5.69 Å². The maximum atomic E-state index is 11.9. The second-order valence-corrected chi connectivity index (χ2v) is 4.07. The van der Waals surface area contributed by atoms with Gasteiger partial charge in [0.25, 0.3) is 5.91 Å². The van der Waals surface area contributed by atoms with Crippen LogP contribution in [0.3, 0.4) is 0 Å². The van der Waals surface area contributed by atoms with Crippen LogP contribution in [0.5, 0.6) is 0 Å². The van der Waals surface area contributed by atoms with Gasteiger partial charge in [-0.25, -0.2) is 0 Å². The lowest BCUT2D eigenvalue weighted by Gasteiger charge is -2.07. The van der Waals surface area contributed by atoms with E-state index in [1.807, 2.05) is 26.0 Å². The Bertz CT molecular complexity index is 474. The molecule has 0 saturated carbocycles. The SMILES string of the molecule is C/C=C(\N=C(C)C)C(=O)Nc1ccccc1Cl. The minimum atomic E-state index is -0.262. The summed E-state index contributed by atoms with van der Waals surface area (Å²) in [5.74, 6) is -0.262. The molecule has 0 spiro atoms. The van der Waals surface area contributed by atoms with Crippen LogP contribution >= 0.6 is 11.6 Å². The first kappa shape index (κ1) is 13.5. The van der Waals surface area contributed by atoms with Crippen molar-refractivity contribution in [3.63, 3.8) is 0 Å². The number of hydrogen-bond donors (Lipinski definition) is 1. The maximum absolute atomic E-state index is 11.9. The number of hydrogen-bond acceptors (Lipinski definition) is 2. The standard InChI is InChI=1S/C13H15ClN2O/c1-4-11(15-9(2)3)13(17)16-12-8-6-5-7-10(12)14/h4-8H,1-3H3,(H,16,17)/b11-4-. The number of para-hydroxylation sites is 1. The number of carbonyl (C=O) groups is 1. The Hall–Kier alpha value is -1.61. The number of halogens is 1. The summed E-state index contributed by atoms with van der Waals surface area (Å²) < 4.78 is 0.